The molecule has 0 radical (unpaired) electrons. The number of benzene rings is 6. The van der Waals surface area contributed by atoms with Crippen molar-refractivity contribution < 1.29 is 47.4 Å². The van der Waals surface area contributed by atoms with Gasteiger partial charge in [0.2, 0.25) is 11.5 Å². The van der Waals surface area contributed by atoms with Gasteiger partial charge in [-0.3, -0.25) is 0 Å². The highest BCUT2D eigenvalue weighted by atomic mass is 79.9. The fourth-order valence-corrected chi connectivity index (χ4v) is 8.29. The Morgan fingerprint density at radius 3 is 0.823 bits per heavy atom. The third kappa shape index (κ3) is 12.0. The predicted octanol–water partition coefficient (Wildman–Crippen LogP) is 12.2. The first-order valence-electron chi connectivity index (χ1n) is 20.0. The maximum absolute atomic E-state index is 6.64. The van der Waals surface area contributed by atoms with Gasteiger partial charge in [-0.1, -0.05) is 31.9 Å². The summed E-state index contributed by atoms with van der Waals surface area (Å²) in [6.07, 6.45) is 4.43. The van der Waals surface area contributed by atoms with Crippen LogP contribution in [0.3, 0.4) is 0 Å². The van der Waals surface area contributed by atoms with E-state index in [2.05, 4.69) is 68.3 Å². The molecule has 0 aromatic heterocycles. The first kappa shape index (κ1) is 45.8. The second kappa shape index (κ2) is 21.9. The lowest BCUT2D eigenvalue weighted by Crippen LogP contribution is -1.99. The van der Waals surface area contributed by atoms with Crippen LogP contribution in [0.25, 0.3) is 0 Å². The Hall–Kier alpha value is -5.72. The standard InChI is InChI=1S/C50H52Br2O10/c1-53-39-17-33(18-40(29-39)54-2)11-12-34-21-43(61-41-19-31(15-37(51)27-41)9-13-35-23-45(55-3)49(59-7)46(24-35)56-4)30-44(22-34)62-42-20-32(16-38(52)28-42)10-14-36-25-47(57-5)50(60-8)48(26-36)58-6/h15-30H,9-14H2,1-8H3. The van der Waals surface area contributed by atoms with E-state index in [4.69, 9.17) is 47.4 Å². The van der Waals surface area contributed by atoms with Gasteiger partial charge in [-0.2, -0.15) is 0 Å². The second-order valence-electron chi connectivity index (χ2n) is 14.4. The van der Waals surface area contributed by atoms with Gasteiger partial charge in [0, 0.05) is 21.1 Å². The largest absolute Gasteiger partial charge is 0.497 e. The highest BCUT2D eigenvalue weighted by molar-refractivity contribution is 9.10. The molecule has 0 bridgehead atoms. The Morgan fingerprint density at radius 2 is 0.532 bits per heavy atom. The van der Waals surface area contributed by atoms with E-state index in [1.165, 1.54) is 0 Å². The van der Waals surface area contributed by atoms with Crippen LogP contribution in [0.1, 0.15) is 33.4 Å². The van der Waals surface area contributed by atoms with Crippen molar-refractivity contribution in [2.75, 3.05) is 56.9 Å². The lowest BCUT2D eigenvalue weighted by Gasteiger charge is -2.15. The van der Waals surface area contributed by atoms with E-state index in [-0.39, 0.29) is 0 Å². The van der Waals surface area contributed by atoms with Gasteiger partial charge in [0.1, 0.15) is 34.5 Å². The van der Waals surface area contributed by atoms with Crippen LogP contribution in [-0.4, -0.2) is 56.9 Å². The minimum absolute atomic E-state index is 0.568. The van der Waals surface area contributed by atoms with Gasteiger partial charge < -0.3 is 47.4 Å². The number of hydrogen-bond acceptors (Lipinski definition) is 10. The molecular weight excluding hydrogens is 920 g/mol. The average molecular weight is 973 g/mol. The number of rotatable bonds is 21. The summed E-state index contributed by atoms with van der Waals surface area (Å²) in [5.74, 6) is 7.79. The van der Waals surface area contributed by atoms with E-state index in [9.17, 15) is 0 Å². The van der Waals surface area contributed by atoms with Crippen molar-refractivity contribution in [3.8, 4) is 69.0 Å². The highest BCUT2D eigenvalue weighted by Gasteiger charge is 2.16. The zero-order valence-corrected chi connectivity index (χ0v) is 39.5. The fourth-order valence-electron chi connectivity index (χ4n) is 7.25. The van der Waals surface area contributed by atoms with Crippen molar-refractivity contribution in [1.82, 2.24) is 0 Å². The number of ether oxygens (including phenoxy) is 10. The van der Waals surface area contributed by atoms with Gasteiger partial charge in [-0.15, -0.1) is 0 Å². The van der Waals surface area contributed by atoms with Crippen LogP contribution in [0.2, 0.25) is 0 Å². The molecule has 10 nitrogen and oxygen atoms in total. The van der Waals surface area contributed by atoms with Crippen LogP contribution >= 0.6 is 31.9 Å². The molecule has 12 heteroatoms. The first-order chi connectivity index (χ1) is 30.1. The fraction of sp³-hybridized carbons (Fsp3) is 0.280. The molecule has 0 fully saturated rings. The summed E-state index contributed by atoms with van der Waals surface area (Å²) in [7, 11) is 13.0. The van der Waals surface area contributed by atoms with E-state index in [0.717, 1.165) is 85.9 Å². The number of aryl methyl sites for hydroxylation is 6. The molecule has 0 saturated heterocycles. The van der Waals surface area contributed by atoms with Crippen molar-refractivity contribution in [2.45, 2.75) is 38.5 Å². The third-order valence-electron chi connectivity index (χ3n) is 10.2. The number of halogens is 2. The van der Waals surface area contributed by atoms with Crippen molar-refractivity contribution in [3.63, 3.8) is 0 Å². The lowest BCUT2D eigenvalue weighted by atomic mass is 10.0. The van der Waals surface area contributed by atoms with Crippen LogP contribution in [0.5, 0.6) is 69.0 Å². The summed E-state index contributed by atoms with van der Waals surface area (Å²) < 4.78 is 59.6. The summed E-state index contributed by atoms with van der Waals surface area (Å²) in [6.45, 7) is 0. The number of hydrogen-bond donors (Lipinski definition) is 0. The van der Waals surface area contributed by atoms with Crippen molar-refractivity contribution in [3.05, 3.63) is 139 Å². The lowest BCUT2D eigenvalue weighted by molar-refractivity contribution is 0.324. The Bertz CT molecular complexity index is 2260. The van der Waals surface area contributed by atoms with Crippen LogP contribution in [0, 0.1) is 0 Å². The SMILES string of the molecule is COc1cc(CCc2cc(Oc3cc(Br)cc(CCc4cc(OC)c(OC)c(OC)c4)c3)cc(Oc3cc(Br)cc(CCc4cc(OC)c(OC)c(OC)c4)c3)c2)cc(OC)c1. The quantitative estimate of drug-likeness (QED) is 0.0694. The molecule has 0 aliphatic rings. The molecule has 6 aromatic rings. The van der Waals surface area contributed by atoms with E-state index in [1.807, 2.05) is 60.7 Å². The Labute approximate surface area is 381 Å². The van der Waals surface area contributed by atoms with Gasteiger partial charge in [-0.25, -0.2) is 0 Å². The van der Waals surface area contributed by atoms with Crippen molar-refractivity contribution in [1.29, 1.82) is 0 Å². The monoisotopic (exact) mass is 970 g/mol. The van der Waals surface area contributed by atoms with E-state index in [0.29, 0.717) is 63.9 Å². The molecule has 6 aromatic carbocycles. The smallest absolute Gasteiger partial charge is 0.203 e. The maximum Gasteiger partial charge on any atom is 0.203 e. The number of methoxy groups -OCH3 is 8. The second-order valence-corrected chi connectivity index (χ2v) is 16.2. The first-order valence-corrected chi connectivity index (χ1v) is 21.5. The van der Waals surface area contributed by atoms with Crippen LogP contribution < -0.4 is 47.4 Å². The maximum atomic E-state index is 6.64. The van der Waals surface area contributed by atoms with Gasteiger partial charge in [-0.05, 0) is 157 Å². The van der Waals surface area contributed by atoms with E-state index < -0.39 is 0 Å². The third-order valence-corrected chi connectivity index (χ3v) is 11.2. The zero-order chi connectivity index (χ0) is 44.2. The molecule has 62 heavy (non-hydrogen) atoms. The molecule has 0 saturated carbocycles. The Balaban J connectivity index is 1.26. The molecule has 0 spiro atoms. The minimum atomic E-state index is 0.568. The predicted molar refractivity (Wildman–Crippen MR) is 249 cm³/mol. The Morgan fingerprint density at radius 1 is 0.274 bits per heavy atom. The highest BCUT2D eigenvalue weighted by Crippen LogP contribution is 2.41. The van der Waals surface area contributed by atoms with Crippen LogP contribution in [0.15, 0.2) is 106 Å². The summed E-state index contributed by atoms with van der Waals surface area (Å²) in [6, 6.07) is 32.2. The zero-order valence-electron chi connectivity index (χ0n) is 36.3. The average Bonchev–Trinajstić information content (AvgIpc) is 3.27. The molecule has 0 atom stereocenters. The summed E-state index contributed by atoms with van der Waals surface area (Å²) >= 11 is 7.44. The van der Waals surface area contributed by atoms with E-state index in [1.54, 1.807) is 56.9 Å². The van der Waals surface area contributed by atoms with Gasteiger partial charge in [0.05, 0.1) is 56.9 Å². The van der Waals surface area contributed by atoms with Crippen LogP contribution in [0.4, 0.5) is 0 Å². The molecule has 0 aliphatic heterocycles. The molecule has 0 heterocycles. The molecule has 326 valence electrons. The molecule has 0 unspecified atom stereocenters. The molecule has 0 amide bonds. The summed E-state index contributed by atoms with van der Waals surface area (Å²) in [5.41, 5.74) is 6.42. The molecular formula is C50H52Br2O10. The molecule has 0 aliphatic carbocycles. The molecule has 0 N–H and O–H groups in total. The minimum Gasteiger partial charge on any atom is -0.497 e. The van der Waals surface area contributed by atoms with Gasteiger partial charge >= 0.3 is 0 Å². The molecule has 6 rings (SSSR count). The van der Waals surface area contributed by atoms with Crippen LogP contribution in [-0.2, 0) is 38.5 Å². The van der Waals surface area contributed by atoms with Crippen molar-refractivity contribution in [2.24, 2.45) is 0 Å². The van der Waals surface area contributed by atoms with Crippen molar-refractivity contribution >= 4 is 31.9 Å². The Kier molecular flexibility index (Phi) is 16.2. The van der Waals surface area contributed by atoms with E-state index >= 15 is 0 Å². The summed E-state index contributed by atoms with van der Waals surface area (Å²) in [5, 5.41) is 0. The van der Waals surface area contributed by atoms with Gasteiger partial charge in [0.15, 0.2) is 23.0 Å². The normalized spacial score (nSPS) is 10.8. The summed E-state index contributed by atoms with van der Waals surface area (Å²) in [4.78, 5) is 0. The topological polar surface area (TPSA) is 92.3 Å². The van der Waals surface area contributed by atoms with Gasteiger partial charge in [0.25, 0.3) is 0 Å².